The lowest BCUT2D eigenvalue weighted by atomic mass is 10.3. The first kappa shape index (κ1) is 15.9. The second kappa shape index (κ2) is 8.08. The van der Waals surface area contributed by atoms with Crippen LogP contribution >= 0.6 is 11.8 Å². The van der Waals surface area contributed by atoms with E-state index in [1.165, 1.54) is 11.8 Å². The van der Waals surface area contributed by atoms with Gasteiger partial charge in [0.15, 0.2) is 5.82 Å². The number of aromatic nitrogens is 6. The minimum Gasteiger partial charge on any atom is -0.338 e. The van der Waals surface area contributed by atoms with Crippen LogP contribution in [0.5, 0.6) is 0 Å². The minimum atomic E-state index is 0.452. The van der Waals surface area contributed by atoms with Gasteiger partial charge in [-0.15, -0.1) is 5.10 Å². The summed E-state index contributed by atoms with van der Waals surface area (Å²) in [4.78, 5) is 4.33. The van der Waals surface area contributed by atoms with Crippen molar-refractivity contribution >= 4 is 11.8 Å². The van der Waals surface area contributed by atoms with Gasteiger partial charge >= 0.3 is 0 Å². The average molecular weight is 311 g/mol. The van der Waals surface area contributed by atoms with E-state index >= 15 is 0 Å². The molecule has 2 aromatic heterocycles. The molecule has 9 heteroatoms. The SMILES string of the molecule is CCCc1noc(CSc2nnnn2CCNC(C)C)n1. The third-order valence-electron chi connectivity index (χ3n) is 2.68. The van der Waals surface area contributed by atoms with Crippen LogP contribution in [-0.4, -0.2) is 42.9 Å². The highest BCUT2D eigenvalue weighted by Gasteiger charge is 2.11. The summed E-state index contributed by atoms with van der Waals surface area (Å²) in [6, 6.07) is 0.452. The Kier molecular flexibility index (Phi) is 6.12. The van der Waals surface area contributed by atoms with Crippen LogP contribution in [0.1, 0.15) is 38.9 Å². The van der Waals surface area contributed by atoms with E-state index < -0.39 is 0 Å². The van der Waals surface area contributed by atoms with Crippen LogP contribution in [-0.2, 0) is 18.7 Å². The number of aryl methyl sites for hydroxylation is 1. The standard InChI is InChI=1S/C12H21N7OS/c1-4-5-10-14-11(20-16-10)8-21-12-15-17-18-19(12)7-6-13-9(2)3/h9,13H,4-8H2,1-3H3. The molecule has 0 unspecified atom stereocenters. The van der Waals surface area contributed by atoms with Crippen molar-refractivity contribution in [3.63, 3.8) is 0 Å². The van der Waals surface area contributed by atoms with Crippen LogP contribution in [0, 0.1) is 0 Å². The Hall–Kier alpha value is -1.48. The van der Waals surface area contributed by atoms with Gasteiger partial charge in [-0.2, -0.15) is 4.98 Å². The molecule has 0 radical (unpaired) electrons. The van der Waals surface area contributed by atoms with Gasteiger partial charge in [0.25, 0.3) is 0 Å². The molecule has 0 bridgehead atoms. The first-order chi connectivity index (χ1) is 10.2. The van der Waals surface area contributed by atoms with Crippen molar-refractivity contribution in [2.75, 3.05) is 6.54 Å². The Morgan fingerprint density at radius 3 is 3.00 bits per heavy atom. The van der Waals surface area contributed by atoms with E-state index in [1.807, 2.05) is 0 Å². The van der Waals surface area contributed by atoms with Crippen LogP contribution < -0.4 is 5.32 Å². The van der Waals surface area contributed by atoms with Gasteiger partial charge in [0.05, 0.1) is 12.3 Å². The Bertz CT molecular complexity index is 539. The van der Waals surface area contributed by atoms with Crippen molar-refractivity contribution in [3.05, 3.63) is 11.7 Å². The Morgan fingerprint density at radius 1 is 1.38 bits per heavy atom. The number of nitrogens with one attached hydrogen (secondary N) is 1. The molecule has 21 heavy (non-hydrogen) atoms. The molecule has 0 amide bonds. The summed E-state index contributed by atoms with van der Waals surface area (Å²) >= 11 is 1.50. The van der Waals surface area contributed by atoms with E-state index in [2.05, 4.69) is 51.8 Å². The number of hydrogen-bond acceptors (Lipinski definition) is 8. The lowest BCUT2D eigenvalue weighted by Crippen LogP contribution is -2.27. The lowest BCUT2D eigenvalue weighted by Gasteiger charge is -2.08. The number of thioether (sulfide) groups is 1. The molecule has 2 heterocycles. The first-order valence-corrected chi connectivity index (χ1v) is 8.11. The second-order valence-electron chi connectivity index (χ2n) is 4.94. The molecule has 0 aliphatic rings. The number of hydrogen-bond donors (Lipinski definition) is 1. The first-order valence-electron chi connectivity index (χ1n) is 7.12. The summed E-state index contributed by atoms with van der Waals surface area (Å²) in [5.41, 5.74) is 0. The maximum Gasteiger partial charge on any atom is 0.237 e. The van der Waals surface area contributed by atoms with Gasteiger partial charge in [-0.05, 0) is 16.8 Å². The summed E-state index contributed by atoms with van der Waals surface area (Å²) in [5.74, 6) is 1.95. The molecule has 0 aliphatic carbocycles. The molecule has 0 aliphatic heterocycles. The number of tetrazole rings is 1. The van der Waals surface area contributed by atoms with Gasteiger partial charge in [-0.25, -0.2) is 4.68 Å². The average Bonchev–Trinajstić information content (AvgIpc) is 3.06. The summed E-state index contributed by atoms with van der Waals surface area (Å²) in [6.07, 6.45) is 1.85. The topological polar surface area (TPSA) is 94.5 Å². The van der Waals surface area contributed by atoms with E-state index in [0.717, 1.165) is 36.9 Å². The fourth-order valence-electron chi connectivity index (χ4n) is 1.70. The van der Waals surface area contributed by atoms with Crippen molar-refractivity contribution < 1.29 is 4.52 Å². The fourth-order valence-corrected chi connectivity index (χ4v) is 2.44. The summed E-state index contributed by atoms with van der Waals surface area (Å²) in [7, 11) is 0. The number of rotatable bonds is 9. The molecular formula is C12H21N7OS. The normalized spacial score (nSPS) is 11.4. The third-order valence-corrected chi connectivity index (χ3v) is 3.63. The minimum absolute atomic E-state index is 0.452. The zero-order valence-corrected chi connectivity index (χ0v) is 13.4. The van der Waals surface area contributed by atoms with Gasteiger partial charge in [0.2, 0.25) is 11.0 Å². The van der Waals surface area contributed by atoms with E-state index in [4.69, 9.17) is 4.52 Å². The molecule has 2 aromatic rings. The van der Waals surface area contributed by atoms with Gasteiger partial charge in [0, 0.05) is 19.0 Å². The van der Waals surface area contributed by atoms with Gasteiger partial charge in [-0.3, -0.25) is 0 Å². The van der Waals surface area contributed by atoms with E-state index in [1.54, 1.807) is 4.68 Å². The van der Waals surface area contributed by atoms with Gasteiger partial charge in [0.1, 0.15) is 0 Å². The smallest absolute Gasteiger partial charge is 0.237 e. The molecule has 2 rings (SSSR count). The summed E-state index contributed by atoms with van der Waals surface area (Å²) in [5, 5.41) is 19.7. The molecule has 0 saturated carbocycles. The molecule has 0 fully saturated rings. The zero-order valence-electron chi connectivity index (χ0n) is 12.6. The van der Waals surface area contributed by atoms with Crippen molar-refractivity contribution in [1.82, 2.24) is 35.7 Å². The predicted octanol–water partition coefficient (Wildman–Crippen LogP) is 1.30. The molecule has 0 saturated heterocycles. The molecule has 8 nitrogen and oxygen atoms in total. The number of nitrogens with zero attached hydrogens (tertiary/aromatic N) is 6. The predicted molar refractivity (Wildman–Crippen MR) is 78.8 cm³/mol. The molecule has 0 spiro atoms. The van der Waals surface area contributed by atoms with E-state index in [0.29, 0.717) is 17.7 Å². The largest absolute Gasteiger partial charge is 0.338 e. The van der Waals surface area contributed by atoms with E-state index in [-0.39, 0.29) is 0 Å². The van der Waals surface area contributed by atoms with Crippen LogP contribution in [0.15, 0.2) is 9.68 Å². The fraction of sp³-hybridized carbons (Fsp3) is 0.750. The second-order valence-corrected chi connectivity index (χ2v) is 5.88. The van der Waals surface area contributed by atoms with Crippen LogP contribution in [0.2, 0.25) is 0 Å². The Labute approximate surface area is 128 Å². The summed E-state index contributed by atoms with van der Waals surface area (Å²) in [6.45, 7) is 7.87. The van der Waals surface area contributed by atoms with Crippen LogP contribution in [0.4, 0.5) is 0 Å². The van der Waals surface area contributed by atoms with Gasteiger partial charge < -0.3 is 9.84 Å². The van der Waals surface area contributed by atoms with Gasteiger partial charge in [-0.1, -0.05) is 37.7 Å². The van der Waals surface area contributed by atoms with Crippen LogP contribution in [0.25, 0.3) is 0 Å². The zero-order chi connectivity index (χ0) is 15.1. The van der Waals surface area contributed by atoms with Crippen LogP contribution in [0.3, 0.4) is 0 Å². The molecule has 0 atom stereocenters. The lowest BCUT2D eigenvalue weighted by molar-refractivity contribution is 0.384. The maximum absolute atomic E-state index is 5.20. The highest BCUT2D eigenvalue weighted by atomic mass is 32.2. The van der Waals surface area contributed by atoms with Crippen molar-refractivity contribution in [1.29, 1.82) is 0 Å². The molecule has 1 N–H and O–H groups in total. The quantitative estimate of drug-likeness (QED) is 0.692. The van der Waals surface area contributed by atoms with Crippen molar-refractivity contribution in [2.24, 2.45) is 0 Å². The summed E-state index contributed by atoms with van der Waals surface area (Å²) < 4.78 is 6.98. The highest BCUT2D eigenvalue weighted by molar-refractivity contribution is 7.98. The molecular weight excluding hydrogens is 290 g/mol. The Morgan fingerprint density at radius 2 is 2.24 bits per heavy atom. The van der Waals surface area contributed by atoms with E-state index in [9.17, 15) is 0 Å². The highest BCUT2D eigenvalue weighted by Crippen LogP contribution is 2.18. The molecule has 0 aromatic carbocycles. The third kappa shape index (κ3) is 5.09. The van der Waals surface area contributed by atoms with Crippen molar-refractivity contribution in [3.8, 4) is 0 Å². The van der Waals surface area contributed by atoms with Crippen molar-refractivity contribution in [2.45, 2.75) is 57.1 Å². The monoisotopic (exact) mass is 311 g/mol. The molecule has 116 valence electrons. The maximum atomic E-state index is 5.20. The Balaban J connectivity index is 1.83.